The first kappa shape index (κ1) is 11.9. The van der Waals surface area contributed by atoms with Crippen LogP contribution in [0.4, 0.5) is 11.4 Å². The van der Waals surface area contributed by atoms with Gasteiger partial charge in [0.05, 0.1) is 24.1 Å². The van der Waals surface area contributed by atoms with Crippen LogP contribution in [-0.4, -0.2) is 19.3 Å². The zero-order valence-corrected chi connectivity index (χ0v) is 9.71. The van der Waals surface area contributed by atoms with E-state index in [0.717, 1.165) is 17.9 Å². The van der Waals surface area contributed by atoms with Crippen molar-refractivity contribution >= 4 is 11.4 Å². The number of aryl methyl sites for hydroxylation is 1. The van der Waals surface area contributed by atoms with E-state index in [9.17, 15) is 0 Å². The van der Waals surface area contributed by atoms with Crippen LogP contribution in [0.2, 0.25) is 0 Å². The monoisotopic (exact) mass is 208 g/mol. The highest BCUT2D eigenvalue weighted by atomic mass is 16.5. The lowest BCUT2D eigenvalue weighted by atomic mass is 10.2. The van der Waals surface area contributed by atoms with Crippen LogP contribution in [0.3, 0.4) is 0 Å². The van der Waals surface area contributed by atoms with Gasteiger partial charge >= 0.3 is 0 Å². The Balaban J connectivity index is 2.37. The molecule has 0 aliphatic carbocycles. The van der Waals surface area contributed by atoms with E-state index in [4.69, 9.17) is 10.5 Å². The summed E-state index contributed by atoms with van der Waals surface area (Å²) in [4.78, 5) is 0. The average Bonchev–Trinajstić information content (AvgIpc) is 2.14. The molecule has 1 aromatic rings. The van der Waals surface area contributed by atoms with Gasteiger partial charge in [0.1, 0.15) is 0 Å². The molecule has 0 aliphatic rings. The van der Waals surface area contributed by atoms with Crippen LogP contribution in [0.5, 0.6) is 0 Å². The number of benzene rings is 1. The Labute approximate surface area is 91.6 Å². The molecule has 15 heavy (non-hydrogen) atoms. The van der Waals surface area contributed by atoms with Crippen LogP contribution in [0.25, 0.3) is 0 Å². The number of hydrogen-bond acceptors (Lipinski definition) is 3. The Morgan fingerprint density at radius 2 is 2.13 bits per heavy atom. The lowest BCUT2D eigenvalue weighted by Gasteiger charge is -2.11. The van der Waals surface area contributed by atoms with E-state index in [1.165, 1.54) is 5.56 Å². The molecular formula is C12H20N2O. The number of hydrogen-bond donors (Lipinski definition) is 2. The van der Waals surface area contributed by atoms with E-state index in [0.29, 0.717) is 6.61 Å². The molecule has 1 aromatic carbocycles. The number of ether oxygens (including phenoxy) is 1. The fraction of sp³-hybridized carbons (Fsp3) is 0.500. The fourth-order valence-corrected chi connectivity index (χ4v) is 1.32. The number of nitrogens with two attached hydrogens (primary N) is 1. The summed E-state index contributed by atoms with van der Waals surface area (Å²) in [6, 6.07) is 6.01. The molecule has 0 amide bonds. The standard InChI is InChI=1S/C12H20N2O/c1-9(2)15-7-6-14-12-5-4-10(3)8-11(12)13/h4-5,8-9,14H,6-7,13H2,1-3H3. The van der Waals surface area contributed by atoms with Gasteiger partial charge < -0.3 is 15.8 Å². The van der Waals surface area contributed by atoms with Crippen LogP contribution >= 0.6 is 0 Å². The molecule has 1 rings (SSSR count). The largest absolute Gasteiger partial charge is 0.397 e. The summed E-state index contributed by atoms with van der Waals surface area (Å²) in [6.45, 7) is 7.57. The third kappa shape index (κ3) is 4.21. The number of rotatable bonds is 5. The van der Waals surface area contributed by atoms with Gasteiger partial charge in [-0.25, -0.2) is 0 Å². The molecule has 0 bridgehead atoms. The second-order valence-corrected chi connectivity index (χ2v) is 3.94. The SMILES string of the molecule is Cc1ccc(NCCOC(C)C)c(N)c1. The van der Waals surface area contributed by atoms with Crippen LogP contribution in [-0.2, 0) is 4.74 Å². The van der Waals surface area contributed by atoms with Crippen LogP contribution in [0, 0.1) is 6.92 Å². The van der Waals surface area contributed by atoms with Gasteiger partial charge in [-0.1, -0.05) is 6.07 Å². The first-order chi connectivity index (χ1) is 7.09. The predicted molar refractivity (Wildman–Crippen MR) is 65.2 cm³/mol. The minimum atomic E-state index is 0.280. The highest BCUT2D eigenvalue weighted by molar-refractivity contribution is 5.66. The first-order valence-electron chi connectivity index (χ1n) is 5.31. The van der Waals surface area contributed by atoms with Crippen molar-refractivity contribution in [3.63, 3.8) is 0 Å². The van der Waals surface area contributed by atoms with Crippen molar-refractivity contribution in [3.05, 3.63) is 23.8 Å². The van der Waals surface area contributed by atoms with Crippen LogP contribution in [0.15, 0.2) is 18.2 Å². The summed E-state index contributed by atoms with van der Waals surface area (Å²) in [6.07, 6.45) is 0.280. The van der Waals surface area contributed by atoms with Crippen molar-refractivity contribution in [2.75, 3.05) is 24.2 Å². The number of anilines is 2. The molecule has 0 saturated carbocycles. The second kappa shape index (κ2) is 5.61. The molecule has 3 heteroatoms. The van der Waals surface area contributed by atoms with Crippen molar-refractivity contribution in [2.24, 2.45) is 0 Å². The third-order valence-corrected chi connectivity index (χ3v) is 2.08. The summed E-state index contributed by atoms with van der Waals surface area (Å²) in [5, 5.41) is 3.25. The Hall–Kier alpha value is -1.22. The molecule has 0 fully saturated rings. The van der Waals surface area contributed by atoms with Gasteiger partial charge in [0.25, 0.3) is 0 Å². The smallest absolute Gasteiger partial charge is 0.0642 e. The molecular weight excluding hydrogens is 188 g/mol. The molecule has 3 nitrogen and oxygen atoms in total. The molecule has 3 N–H and O–H groups in total. The Bertz CT molecular complexity index is 310. The summed E-state index contributed by atoms with van der Waals surface area (Å²) in [5.41, 5.74) is 8.81. The fourth-order valence-electron chi connectivity index (χ4n) is 1.32. The molecule has 0 radical (unpaired) electrons. The van der Waals surface area contributed by atoms with E-state index in [1.807, 2.05) is 39.0 Å². The van der Waals surface area contributed by atoms with Crippen LogP contribution < -0.4 is 11.1 Å². The minimum absolute atomic E-state index is 0.280. The maximum Gasteiger partial charge on any atom is 0.0642 e. The van der Waals surface area contributed by atoms with E-state index in [-0.39, 0.29) is 6.10 Å². The second-order valence-electron chi connectivity index (χ2n) is 3.94. The quantitative estimate of drug-likeness (QED) is 0.577. The zero-order valence-electron chi connectivity index (χ0n) is 9.71. The molecule has 0 aliphatic heterocycles. The highest BCUT2D eigenvalue weighted by Crippen LogP contribution is 2.18. The maximum absolute atomic E-state index is 5.86. The topological polar surface area (TPSA) is 47.3 Å². The van der Waals surface area contributed by atoms with Crippen molar-refractivity contribution in [1.82, 2.24) is 0 Å². The lowest BCUT2D eigenvalue weighted by molar-refractivity contribution is 0.0871. The summed E-state index contributed by atoms with van der Waals surface area (Å²) in [7, 11) is 0. The molecule has 0 aromatic heterocycles. The lowest BCUT2D eigenvalue weighted by Crippen LogP contribution is -2.13. The van der Waals surface area contributed by atoms with E-state index < -0.39 is 0 Å². The van der Waals surface area contributed by atoms with Gasteiger partial charge in [0, 0.05) is 6.54 Å². The molecule has 0 atom stereocenters. The molecule has 0 unspecified atom stereocenters. The minimum Gasteiger partial charge on any atom is -0.397 e. The maximum atomic E-state index is 5.86. The van der Waals surface area contributed by atoms with Crippen molar-refractivity contribution in [2.45, 2.75) is 26.9 Å². The zero-order chi connectivity index (χ0) is 11.3. The Kier molecular flexibility index (Phi) is 4.43. The number of nitrogen functional groups attached to an aromatic ring is 1. The van der Waals surface area contributed by atoms with Crippen molar-refractivity contribution in [1.29, 1.82) is 0 Å². The molecule has 0 spiro atoms. The average molecular weight is 208 g/mol. The molecule has 0 heterocycles. The predicted octanol–water partition coefficient (Wildman–Crippen LogP) is 2.41. The summed E-state index contributed by atoms with van der Waals surface area (Å²) < 4.78 is 5.42. The van der Waals surface area contributed by atoms with E-state index in [2.05, 4.69) is 5.32 Å². The van der Waals surface area contributed by atoms with Gasteiger partial charge in [-0.3, -0.25) is 0 Å². The molecule has 84 valence electrons. The van der Waals surface area contributed by atoms with Crippen molar-refractivity contribution < 1.29 is 4.74 Å². The first-order valence-corrected chi connectivity index (χ1v) is 5.31. The normalized spacial score (nSPS) is 10.7. The van der Waals surface area contributed by atoms with Gasteiger partial charge in [-0.2, -0.15) is 0 Å². The van der Waals surface area contributed by atoms with E-state index in [1.54, 1.807) is 0 Å². The third-order valence-electron chi connectivity index (χ3n) is 2.08. The Morgan fingerprint density at radius 1 is 1.40 bits per heavy atom. The summed E-state index contributed by atoms with van der Waals surface area (Å²) >= 11 is 0. The van der Waals surface area contributed by atoms with E-state index >= 15 is 0 Å². The highest BCUT2D eigenvalue weighted by Gasteiger charge is 1.98. The van der Waals surface area contributed by atoms with Gasteiger partial charge in [-0.05, 0) is 38.5 Å². The van der Waals surface area contributed by atoms with Gasteiger partial charge in [0.2, 0.25) is 0 Å². The Morgan fingerprint density at radius 3 is 2.73 bits per heavy atom. The van der Waals surface area contributed by atoms with Crippen LogP contribution in [0.1, 0.15) is 19.4 Å². The number of nitrogens with one attached hydrogen (secondary N) is 1. The van der Waals surface area contributed by atoms with Gasteiger partial charge in [-0.15, -0.1) is 0 Å². The molecule has 0 saturated heterocycles. The van der Waals surface area contributed by atoms with Gasteiger partial charge in [0.15, 0.2) is 0 Å². The summed E-state index contributed by atoms with van der Waals surface area (Å²) in [5.74, 6) is 0. The van der Waals surface area contributed by atoms with Crippen molar-refractivity contribution in [3.8, 4) is 0 Å².